The maximum atomic E-state index is 9.85. The number of hydrogen-bond acceptors (Lipinski definition) is 1. The lowest BCUT2D eigenvalue weighted by Crippen LogP contribution is -2.15. The number of aliphatic hydroxyl groups is 1. The highest BCUT2D eigenvalue weighted by atomic mass is 16.3. The lowest BCUT2D eigenvalue weighted by atomic mass is 9.92. The summed E-state index contributed by atoms with van der Waals surface area (Å²) in [7, 11) is 0. The average molecular weight is 204 g/mol. The van der Waals surface area contributed by atoms with Crippen LogP contribution in [0.3, 0.4) is 0 Å². The zero-order valence-corrected chi connectivity index (χ0v) is 9.66. The molecule has 0 aromatic heterocycles. The van der Waals surface area contributed by atoms with Crippen molar-refractivity contribution in [1.29, 1.82) is 0 Å². The maximum Gasteiger partial charge on any atom is 0.0840 e. The third-order valence-electron chi connectivity index (χ3n) is 3.44. The van der Waals surface area contributed by atoms with Gasteiger partial charge >= 0.3 is 0 Å². The van der Waals surface area contributed by atoms with E-state index in [2.05, 4.69) is 24.3 Å². The lowest BCUT2D eigenvalue weighted by molar-refractivity contribution is 0.0786. The van der Waals surface area contributed by atoms with E-state index < -0.39 is 5.60 Å². The zero-order valence-electron chi connectivity index (χ0n) is 9.66. The first-order valence-electron chi connectivity index (χ1n) is 5.90. The van der Waals surface area contributed by atoms with Crippen LogP contribution in [0.25, 0.3) is 0 Å². The quantitative estimate of drug-likeness (QED) is 0.780. The summed E-state index contributed by atoms with van der Waals surface area (Å²) in [4.78, 5) is 0. The lowest BCUT2D eigenvalue weighted by Gasteiger charge is -2.19. The maximum absolute atomic E-state index is 9.85. The molecule has 0 amide bonds. The predicted octanol–water partition coefficient (Wildman–Crippen LogP) is 3.57. The van der Waals surface area contributed by atoms with Crippen LogP contribution in [0, 0.1) is 0 Å². The highest BCUT2D eigenvalue weighted by Crippen LogP contribution is 2.34. The van der Waals surface area contributed by atoms with Gasteiger partial charge in [0.15, 0.2) is 0 Å². The summed E-state index contributed by atoms with van der Waals surface area (Å²) in [5.41, 5.74) is 1.73. The van der Waals surface area contributed by atoms with E-state index in [4.69, 9.17) is 0 Å². The standard InChI is InChI=1S/C14H20O/c1-14(2,15)13-9-7-12(8-10-13)11-5-3-4-6-11/h7-11,15H,3-6H2,1-2H3. The number of hydrogen-bond donors (Lipinski definition) is 1. The van der Waals surface area contributed by atoms with Crippen molar-refractivity contribution in [2.24, 2.45) is 0 Å². The van der Waals surface area contributed by atoms with Crippen LogP contribution in [-0.4, -0.2) is 5.11 Å². The smallest absolute Gasteiger partial charge is 0.0840 e. The van der Waals surface area contributed by atoms with Crippen molar-refractivity contribution >= 4 is 0 Å². The van der Waals surface area contributed by atoms with Crippen LogP contribution in [0.1, 0.15) is 56.6 Å². The van der Waals surface area contributed by atoms with Gasteiger partial charge in [0.1, 0.15) is 0 Å². The van der Waals surface area contributed by atoms with Crippen LogP contribution in [0.2, 0.25) is 0 Å². The molecule has 82 valence electrons. The summed E-state index contributed by atoms with van der Waals surface area (Å²) in [5.74, 6) is 0.765. The van der Waals surface area contributed by atoms with Crippen molar-refractivity contribution in [1.82, 2.24) is 0 Å². The molecule has 15 heavy (non-hydrogen) atoms. The molecule has 1 aromatic rings. The fourth-order valence-corrected chi connectivity index (χ4v) is 2.42. The second-order valence-electron chi connectivity index (χ2n) is 5.16. The van der Waals surface area contributed by atoms with Crippen molar-refractivity contribution in [3.8, 4) is 0 Å². The van der Waals surface area contributed by atoms with Crippen molar-refractivity contribution in [2.45, 2.75) is 51.0 Å². The molecule has 1 nitrogen and oxygen atoms in total. The van der Waals surface area contributed by atoms with Gasteiger partial charge < -0.3 is 5.11 Å². The Kier molecular flexibility index (Phi) is 2.83. The van der Waals surface area contributed by atoms with Gasteiger partial charge in [-0.05, 0) is 43.7 Å². The van der Waals surface area contributed by atoms with Crippen LogP contribution >= 0.6 is 0 Å². The highest BCUT2D eigenvalue weighted by Gasteiger charge is 2.19. The molecule has 0 radical (unpaired) electrons. The second kappa shape index (κ2) is 3.97. The first kappa shape index (κ1) is 10.7. The number of rotatable bonds is 2. The van der Waals surface area contributed by atoms with Crippen molar-refractivity contribution in [2.75, 3.05) is 0 Å². The van der Waals surface area contributed by atoms with Gasteiger partial charge in [0.2, 0.25) is 0 Å². The summed E-state index contributed by atoms with van der Waals surface area (Å²) < 4.78 is 0. The first-order valence-corrected chi connectivity index (χ1v) is 5.90. The summed E-state index contributed by atoms with van der Waals surface area (Å²) in [6, 6.07) is 8.49. The van der Waals surface area contributed by atoms with Crippen LogP contribution in [0.15, 0.2) is 24.3 Å². The van der Waals surface area contributed by atoms with Crippen molar-refractivity contribution < 1.29 is 5.11 Å². The van der Waals surface area contributed by atoms with Gasteiger partial charge in [0.05, 0.1) is 5.60 Å². The minimum Gasteiger partial charge on any atom is -0.386 e. The molecule has 1 fully saturated rings. The van der Waals surface area contributed by atoms with E-state index in [9.17, 15) is 5.11 Å². The van der Waals surface area contributed by atoms with E-state index in [0.717, 1.165) is 11.5 Å². The van der Waals surface area contributed by atoms with E-state index in [1.165, 1.54) is 31.2 Å². The Hall–Kier alpha value is -0.820. The molecule has 0 unspecified atom stereocenters. The molecule has 1 heteroatoms. The fourth-order valence-electron chi connectivity index (χ4n) is 2.42. The molecule has 0 aliphatic heterocycles. The molecule has 2 rings (SSSR count). The zero-order chi connectivity index (χ0) is 10.9. The third kappa shape index (κ3) is 2.40. The van der Waals surface area contributed by atoms with Gasteiger partial charge in [-0.25, -0.2) is 0 Å². The van der Waals surface area contributed by atoms with Crippen LogP contribution < -0.4 is 0 Å². The molecule has 0 bridgehead atoms. The van der Waals surface area contributed by atoms with Gasteiger partial charge in [0.25, 0.3) is 0 Å². The molecule has 1 saturated carbocycles. The molecule has 0 saturated heterocycles. The van der Waals surface area contributed by atoms with Gasteiger partial charge in [-0.3, -0.25) is 0 Å². The largest absolute Gasteiger partial charge is 0.386 e. The Balaban J connectivity index is 2.16. The molecule has 0 spiro atoms. The molecule has 1 aliphatic carbocycles. The van der Waals surface area contributed by atoms with E-state index in [0.29, 0.717) is 0 Å². The minimum atomic E-state index is -0.714. The Morgan fingerprint density at radius 3 is 2.07 bits per heavy atom. The fraction of sp³-hybridized carbons (Fsp3) is 0.571. The Labute approximate surface area is 92.1 Å². The third-order valence-corrected chi connectivity index (χ3v) is 3.44. The monoisotopic (exact) mass is 204 g/mol. The van der Waals surface area contributed by atoms with Crippen LogP contribution in [0.5, 0.6) is 0 Å². The Morgan fingerprint density at radius 1 is 1.07 bits per heavy atom. The van der Waals surface area contributed by atoms with Crippen molar-refractivity contribution in [3.63, 3.8) is 0 Å². The molecule has 1 aromatic carbocycles. The molecule has 1 aliphatic rings. The van der Waals surface area contributed by atoms with Gasteiger partial charge in [-0.15, -0.1) is 0 Å². The molecule has 0 heterocycles. The molecular formula is C14H20O. The summed E-state index contributed by atoms with van der Waals surface area (Å²) >= 11 is 0. The normalized spacial score (nSPS) is 18.3. The molecule has 0 atom stereocenters. The SMILES string of the molecule is CC(C)(O)c1ccc(C2CCCC2)cc1. The summed E-state index contributed by atoms with van der Waals surface area (Å²) in [6.45, 7) is 3.66. The van der Waals surface area contributed by atoms with Gasteiger partial charge in [0, 0.05) is 0 Å². The van der Waals surface area contributed by atoms with Crippen LogP contribution in [0.4, 0.5) is 0 Å². The highest BCUT2D eigenvalue weighted by molar-refractivity contribution is 5.28. The van der Waals surface area contributed by atoms with Crippen molar-refractivity contribution in [3.05, 3.63) is 35.4 Å². The average Bonchev–Trinajstić information content (AvgIpc) is 2.69. The van der Waals surface area contributed by atoms with E-state index in [1.54, 1.807) is 0 Å². The Morgan fingerprint density at radius 2 is 1.60 bits per heavy atom. The summed E-state index contributed by atoms with van der Waals surface area (Å²) in [5, 5.41) is 9.85. The predicted molar refractivity (Wildman–Crippen MR) is 62.9 cm³/mol. The molecular weight excluding hydrogens is 184 g/mol. The Bertz CT molecular complexity index is 312. The van der Waals surface area contributed by atoms with Gasteiger partial charge in [-0.2, -0.15) is 0 Å². The van der Waals surface area contributed by atoms with E-state index in [1.807, 2.05) is 13.8 Å². The number of benzene rings is 1. The van der Waals surface area contributed by atoms with E-state index >= 15 is 0 Å². The molecule has 1 N–H and O–H groups in total. The topological polar surface area (TPSA) is 20.2 Å². The second-order valence-corrected chi connectivity index (χ2v) is 5.16. The van der Waals surface area contributed by atoms with E-state index in [-0.39, 0.29) is 0 Å². The summed E-state index contributed by atoms with van der Waals surface area (Å²) in [6.07, 6.45) is 5.42. The minimum absolute atomic E-state index is 0.714. The van der Waals surface area contributed by atoms with Gasteiger partial charge in [-0.1, -0.05) is 37.1 Å². The first-order chi connectivity index (χ1) is 7.07. The van der Waals surface area contributed by atoms with Crippen LogP contribution in [-0.2, 0) is 5.60 Å².